The number of para-hydroxylation sites is 1. The average Bonchev–Trinajstić information content (AvgIpc) is 2.60. The van der Waals surface area contributed by atoms with Gasteiger partial charge in [-0.2, -0.15) is 0 Å². The normalized spacial score (nSPS) is 16.8. The summed E-state index contributed by atoms with van der Waals surface area (Å²) in [5, 5.41) is 3.26. The minimum atomic E-state index is -4.75. The van der Waals surface area contributed by atoms with Gasteiger partial charge >= 0.3 is 6.36 Å². The summed E-state index contributed by atoms with van der Waals surface area (Å²) in [6.45, 7) is 0.670. The van der Waals surface area contributed by atoms with Crippen molar-refractivity contribution in [1.29, 1.82) is 0 Å². The first-order chi connectivity index (χ1) is 12.4. The number of ether oxygens (including phenoxy) is 2. The summed E-state index contributed by atoms with van der Waals surface area (Å²) >= 11 is 0. The van der Waals surface area contributed by atoms with Crippen LogP contribution in [0.3, 0.4) is 0 Å². The van der Waals surface area contributed by atoms with Gasteiger partial charge < -0.3 is 19.7 Å². The summed E-state index contributed by atoms with van der Waals surface area (Å²) in [5.74, 6) is -0.482. The summed E-state index contributed by atoms with van der Waals surface area (Å²) < 4.78 is 45.9. The van der Waals surface area contributed by atoms with Gasteiger partial charge in [-0.1, -0.05) is 24.3 Å². The van der Waals surface area contributed by atoms with Gasteiger partial charge in [-0.05, 0) is 29.8 Å². The molecule has 2 aromatic carbocycles. The molecule has 0 fully saturated rings. The van der Waals surface area contributed by atoms with E-state index in [9.17, 15) is 18.0 Å². The first-order valence-corrected chi connectivity index (χ1v) is 7.90. The fourth-order valence-electron chi connectivity index (χ4n) is 2.83. The number of hydrogen-bond donors (Lipinski definition) is 1. The van der Waals surface area contributed by atoms with Crippen LogP contribution in [-0.4, -0.2) is 37.4 Å². The van der Waals surface area contributed by atoms with Gasteiger partial charge in [0.25, 0.3) is 5.91 Å². The van der Waals surface area contributed by atoms with Crippen molar-refractivity contribution in [3.8, 4) is 5.75 Å². The van der Waals surface area contributed by atoms with Gasteiger partial charge in [0.1, 0.15) is 11.9 Å². The fourth-order valence-corrected chi connectivity index (χ4v) is 2.83. The second-order valence-electron chi connectivity index (χ2n) is 5.70. The Hall–Kier alpha value is -2.74. The molecule has 26 heavy (non-hydrogen) atoms. The molecule has 1 atom stereocenters. The molecule has 138 valence electrons. The van der Waals surface area contributed by atoms with Crippen LogP contribution >= 0.6 is 0 Å². The van der Waals surface area contributed by atoms with Gasteiger partial charge in [0, 0.05) is 19.3 Å². The number of benzene rings is 2. The number of carbonyl (C=O) groups excluding carboxylic acids is 1. The third-order valence-electron chi connectivity index (χ3n) is 3.99. The minimum absolute atomic E-state index is 0.169. The van der Waals surface area contributed by atoms with Crippen LogP contribution in [0.4, 0.5) is 18.9 Å². The molecule has 0 radical (unpaired) electrons. The molecule has 1 N–H and O–H groups in total. The van der Waals surface area contributed by atoms with Crippen LogP contribution in [0.1, 0.15) is 22.1 Å². The molecule has 1 heterocycles. The number of amides is 1. The van der Waals surface area contributed by atoms with Crippen LogP contribution in [0.15, 0.2) is 48.5 Å². The summed E-state index contributed by atoms with van der Waals surface area (Å²) in [6.07, 6.45) is -5.27. The topological polar surface area (TPSA) is 50.8 Å². The quantitative estimate of drug-likeness (QED) is 0.875. The van der Waals surface area contributed by atoms with E-state index in [1.807, 2.05) is 0 Å². The number of fused-ring (bicyclic) bond motifs is 1. The standard InChI is InChI=1S/C18H17F3N2O3/c1-25-11-10-23-16(22-15-5-3-2-4-14(15)17(23)24)12-6-8-13(9-7-12)26-18(19,20)21/h2-9,16,22H,10-11H2,1H3/t16-/m0/s1. The highest BCUT2D eigenvalue weighted by Crippen LogP contribution is 2.34. The maximum Gasteiger partial charge on any atom is 0.573 e. The lowest BCUT2D eigenvalue weighted by Gasteiger charge is -2.38. The monoisotopic (exact) mass is 366 g/mol. The Kier molecular flexibility index (Phi) is 5.03. The highest BCUT2D eigenvalue weighted by atomic mass is 19.4. The molecule has 0 aromatic heterocycles. The van der Waals surface area contributed by atoms with Gasteiger partial charge in [0.2, 0.25) is 0 Å². The highest BCUT2D eigenvalue weighted by Gasteiger charge is 2.33. The molecule has 0 saturated heterocycles. The molecular formula is C18H17F3N2O3. The Morgan fingerprint density at radius 2 is 1.81 bits per heavy atom. The van der Waals surface area contributed by atoms with Crippen LogP contribution in [0.2, 0.25) is 0 Å². The van der Waals surface area contributed by atoms with Crippen LogP contribution in [0, 0.1) is 0 Å². The van der Waals surface area contributed by atoms with Gasteiger partial charge in [-0.15, -0.1) is 13.2 Å². The van der Waals surface area contributed by atoms with E-state index >= 15 is 0 Å². The van der Waals surface area contributed by atoms with Gasteiger partial charge in [0.05, 0.1) is 12.2 Å². The van der Waals surface area contributed by atoms with E-state index in [-0.39, 0.29) is 11.7 Å². The Morgan fingerprint density at radius 3 is 2.46 bits per heavy atom. The van der Waals surface area contributed by atoms with Crippen molar-refractivity contribution >= 4 is 11.6 Å². The SMILES string of the molecule is COCCN1C(=O)c2ccccc2N[C@@H]1c1ccc(OC(F)(F)F)cc1. The predicted octanol–water partition coefficient (Wildman–Crippen LogP) is 3.80. The molecule has 0 unspecified atom stereocenters. The van der Waals surface area contributed by atoms with E-state index in [4.69, 9.17) is 4.74 Å². The first-order valence-electron chi connectivity index (χ1n) is 7.90. The lowest BCUT2D eigenvalue weighted by atomic mass is 10.0. The fraction of sp³-hybridized carbons (Fsp3) is 0.278. The second-order valence-corrected chi connectivity index (χ2v) is 5.70. The maximum atomic E-state index is 12.8. The molecule has 0 saturated carbocycles. The van der Waals surface area contributed by atoms with E-state index in [0.29, 0.717) is 30.0 Å². The molecule has 1 amide bonds. The van der Waals surface area contributed by atoms with Gasteiger partial charge in [-0.25, -0.2) is 0 Å². The predicted molar refractivity (Wildman–Crippen MR) is 88.8 cm³/mol. The highest BCUT2D eigenvalue weighted by molar-refractivity contribution is 6.01. The van der Waals surface area contributed by atoms with Crippen molar-refractivity contribution in [2.24, 2.45) is 0 Å². The number of halogens is 3. The Bertz CT molecular complexity index is 778. The largest absolute Gasteiger partial charge is 0.573 e. The zero-order valence-electron chi connectivity index (χ0n) is 13.9. The van der Waals surface area contributed by atoms with Crippen molar-refractivity contribution in [3.63, 3.8) is 0 Å². The summed E-state index contributed by atoms with van der Waals surface area (Å²) in [4.78, 5) is 14.4. The van der Waals surface area contributed by atoms with E-state index in [1.54, 1.807) is 29.2 Å². The number of rotatable bonds is 5. The molecule has 1 aliphatic heterocycles. The molecule has 1 aliphatic rings. The van der Waals surface area contributed by atoms with E-state index in [1.165, 1.54) is 31.4 Å². The van der Waals surface area contributed by atoms with Gasteiger partial charge in [-0.3, -0.25) is 4.79 Å². The number of anilines is 1. The maximum absolute atomic E-state index is 12.8. The van der Waals surface area contributed by atoms with E-state index in [0.717, 1.165) is 0 Å². The number of hydrogen-bond acceptors (Lipinski definition) is 4. The Balaban J connectivity index is 1.89. The Labute approximate surface area is 148 Å². The second kappa shape index (κ2) is 7.25. The third kappa shape index (κ3) is 3.91. The van der Waals surface area contributed by atoms with Crippen LogP contribution < -0.4 is 10.1 Å². The van der Waals surface area contributed by atoms with Crippen molar-refractivity contribution in [2.45, 2.75) is 12.5 Å². The molecule has 0 spiro atoms. The van der Waals surface area contributed by atoms with Crippen molar-refractivity contribution in [2.75, 3.05) is 25.6 Å². The summed E-state index contributed by atoms with van der Waals surface area (Å²) in [5.41, 5.74) is 1.85. The van der Waals surface area contributed by atoms with Crippen molar-refractivity contribution < 1.29 is 27.4 Å². The zero-order chi connectivity index (χ0) is 18.7. The van der Waals surface area contributed by atoms with Crippen LogP contribution in [0.5, 0.6) is 5.75 Å². The zero-order valence-corrected chi connectivity index (χ0v) is 13.9. The molecule has 3 rings (SSSR count). The van der Waals surface area contributed by atoms with Gasteiger partial charge in [0.15, 0.2) is 0 Å². The van der Waals surface area contributed by atoms with Crippen molar-refractivity contribution in [1.82, 2.24) is 4.90 Å². The van der Waals surface area contributed by atoms with E-state index in [2.05, 4.69) is 10.1 Å². The summed E-state index contributed by atoms with van der Waals surface area (Å²) in [6, 6.07) is 12.5. The molecular weight excluding hydrogens is 349 g/mol. The molecule has 0 bridgehead atoms. The number of methoxy groups -OCH3 is 1. The van der Waals surface area contributed by atoms with E-state index < -0.39 is 12.5 Å². The van der Waals surface area contributed by atoms with Crippen LogP contribution in [0.25, 0.3) is 0 Å². The number of carbonyl (C=O) groups is 1. The molecule has 0 aliphatic carbocycles. The number of alkyl halides is 3. The first kappa shape index (κ1) is 18.1. The summed E-state index contributed by atoms with van der Waals surface area (Å²) in [7, 11) is 1.54. The molecule has 5 nitrogen and oxygen atoms in total. The number of nitrogens with zero attached hydrogens (tertiary/aromatic N) is 1. The van der Waals surface area contributed by atoms with Crippen molar-refractivity contribution in [3.05, 3.63) is 59.7 Å². The number of nitrogens with one attached hydrogen (secondary N) is 1. The third-order valence-corrected chi connectivity index (χ3v) is 3.99. The minimum Gasteiger partial charge on any atom is -0.406 e. The smallest absolute Gasteiger partial charge is 0.406 e. The average molecular weight is 366 g/mol. The molecule has 2 aromatic rings. The Morgan fingerprint density at radius 1 is 1.12 bits per heavy atom. The lowest BCUT2D eigenvalue weighted by molar-refractivity contribution is -0.274. The molecule has 8 heteroatoms. The lowest BCUT2D eigenvalue weighted by Crippen LogP contribution is -2.44. The van der Waals surface area contributed by atoms with Crippen LogP contribution in [-0.2, 0) is 4.74 Å².